The number of carbonyl (C=O) groups is 1. The van der Waals surface area contributed by atoms with Crippen molar-refractivity contribution in [3.05, 3.63) is 29.3 Å². The maximum Gasteiger partial charge on any atom is 0.335 e. The van der Waals surface area contributed by atoms with Crippen molar-refractivity contribution in [2.75, 3.05) is 0 Å². The number of carboxylic acids is 1. The molecule has 1 aromatic carbocycles. The minimum atomic E-state index is -1.16. The Hall–Kier alpha value is -1.51. The lowest BCUT2D eigenvalue weighted by atomic mass is 10.1. The van der Waals surface area contributed by atoms with Crippen molar-refractivity contribution < 1.29 is 15.0 Å². The second kappa shape index (κ2) is 3.94. The number of rotatable bonds is 3. The summed E-state index contributed by atoms with van der Waals surface area (Å²) in [6.07, 6.45) is 1.76. The molecule has 0 fully saturated rings. The van der Waals surface area contributed by atoms with Crippen molar-refractivity contribution in [1.29, 1.82) is 0 Å². The largest absolute Gasteiger partial charge is 0.872 e. The first-order valence-electron chi connectivity index (χ1n) is 4.18. The molecule has 0 amide bonds. The summed E-state index contributed by atoms with van der Waals surface area (Å²) in [5, 5.41) is 19.8. The summed E-state index contributed by atoms with van der Waals surface area (Å²) >= 11 is 0. The van der Waals surface area contributed by atoms with Crippen LogP contribution in [-0.2, 0) is 6.42 Å². The van der Waals surface area contributed by atoms with Gasteiger partial charge in [-0.15, -0.1) is 0 Å². The third-order valence-corrected chi connectivity index (χ3v) is 1.82. The second-order valence-electron chi connectivity index (χ2n) is 2.89. The summed E-state index contributed by atoms with van der Waals surface area (Å²) in [5.74, 6) is -1.56. The molecule has 0 heterocycles. The topological polar surface area (TPSA) is 60.4 Å². The van der Waals surface area contributed by atoms with Gasteiger partial charge in [0.2, 0.25) is 0 Å². The highest BCUT2D eigenvalue weighted by molar-refractivity contribution is 5.90. The Morgan fingerprint density at radius 1 is 1.54 bits per heavy atom. The lowest BCUT2D eigenvalue weighted by Crippen LogP contribution is -2.04. The van der Waals surface area contributed by atoms with Crippen molar-refractivity contribution in [2.45, 2.75) is 19.8 Å². The molecule has 0 aliphatic heterocycles. The number of hydrogen-bond acceptors (Lipinski definition) is 2. The molecular formula is C10H11O3-. The van der Waals surface area contributed by atoms with Gasteiger partial charge in [-0.25, -0.2) is 4.79 Å². The van der Waals surface area contributed by atoms with E-state index in [-0.39, 0.29) is 5.56 Å². The number of hydrogen-bond donors (Lipinski definition) is 1. The number of carboxylic acid groups (broad SMARTS) is 1. The predicted octanol–water partition coefficient (Wildman–Crippen LogP) is 1.41. The third kappa shape index (κ3) is 2.21. The van der Waals surface area contributed by atoms with Gasteiger partial charge in [0.1, 0.15) is 0 Å². The van der Waals surface area contributed by atoms with Gasteiger partial charge in [-0.05, 0) is 18.1 Å². The molecule has 3 heteroatoms. The molecule has 0 radical (unpaired) electrons. The fraction of sp³-hybridized carbons (Fsp3) is 0.300. The summed E-state index contributed by atoms with van der Waals surface area (Å²) in [4.78, 5) is 10.5. The minimum absolute atomic E-state index is 0.153. The lowest BCUT2D eigenvalue weighted by molar-refractivity contribution is -0.268. The van der Waals surface area contributed by atoms with Gasteiger partial charge < -0.3 is 10.2 Å². The molecule has 0 atom stereocenters. The molecule has 0 spiro atoms. The van der Waals surface area contributed by atoms with E-state index in [0.29, 0.717) is 0 Å². The molecular weight excluding hydrogens is 168 g/mol. The van der Waals surface area contributed by atoms with Crippen LogP contribution in [-0.4, -0.2) is 11.1 Å². The normalized spacial score (nSPS) is 9.92. The van der Waals surface area contributed by atoms with Gasteiger partial charge in [-0.1, -0.05) is 31.2 Å². The van der Waals surface area contributed by atoms with E-state index in [1.165, 1.54) is 12.1 Å². The van der Waals surface area contributed by atoms with Crippen molar-refractivity contribution in [3.63, 3.8) is 0 Å². The number of aryl methyl sites for hydroxylation is 1. The van der Waals surface area contributed by atoms with Crippen molar-refractivity contribution >= 4 is 5.97 Å². The Balaban J connectivity index is 2.98. The van der Waals surface area contributed by atoms with Crippen LogP contribution < -0.4 is 5.11 Å². The molecule has 0 aromatic heterocycles. The first-order valence-corrected chi connectivity index (χ1v) is 4.18. The standard InChI is InChI=1S/C10H12O3/c1-2-3-7-4-5-8(10(12)13)9(11)6-7/h4-6,11H,2-3H2,1H3,(H,12,13)/p-1. The van der Waals surface area contributed by atoms with E-state index in [1.54, 1.807) is 6.07 Å². The fourth-order valence-corrected chi connectivity index (χ4v) is 1.19. The van der Waals surface area contributed by atoms with Crippen molar-refractivity contribution in [2.24, 2.45) is 0 Å². The summed E-state index contributed by atoms with van der Waals surface area (Å²) < 4.78 is 0. The Labute approximate surface area is 76.6 Å². The zero-order valence-corrected chi connectivity index (χ0v) is 7.41. The molecule has 0 unspecified atom stereocenters. The molecule has 1 N–H and O–H groups in total. The SMILES string of the molecule is CCCc1ccc(C(=O)O)c([O-])c1. The maximum atomic E-state index is 11.2. The Kier molecular flexibility index (Phi) is 2.90. The molecule has 0 saturated carbocycles. The summed E-state index contributed by atoms with van der Waals surface area (Å²) in [7, 11) is 0. The van der Waals surface area contributed by atoms with Gasteiger partial charge in [0, 0.05) is 0 Å². The minimum Gasteiger partial charge on any atom is -0.872 e. The summed E-state index contributed by atoms with van der Waals surface area (Å²) in [6.45, 7) is 2.01. The number of aromatic carboxylic acids is 1. The Morgan fingerprint density at radius 2 is 2.23 bits per heavy atom. The van der Waals surface area contributed by atoms with E-state index in [9.17, 15) is 9.90 Å². The van der Waals surface area contributed by atoms with Crippen LogP contribution in [0.25, 0.3) is 0 Å². The van der Waals surface area contributed by atoms with Gasteiger partial charge in [-0.2, -0.15) is 0 Å². The van der Waals surface area contributed by atoms with E-state index in [0.717, 1.165) is 18.4 Å². The fourth-order valence-electron chi connectivity index (χ4n) is 1.19. The van der Waals surface area contributed by atoms with Gasteiger partial charge in [0.25, 0.3) is 0 Å². The highest BCUT2D eigenvalue weighted by Gasteiger charge is 2.03. The average Bonchev–Trinajstić information content (AvgIpc) is 2.04. The van der Waals surface area contributed by atoms with E-state index < -0.39 is 11.7 Å². The van der Waals surface area contributed by atoms with Gasteiger partial charge in [-0.3, -0.25) is 0 Å². The summed E-state index contributed by atoms with van der Waals surface area (Å²) in [5.41, 5.74) is 0.748. The van der Waals surface area contributed by atoms with Gasteiger partial charge >= 0.3 is 5.97 Å². The Bertz CT molecular complexity index is 318. The molecule has 13 heavy (non-hydrogen) atoms. The van der Waals surface area contributed by atoms with Crippen LogP contribution in [0.1, 0.15) is 29.3 Å². The molecule has 0 aliphatic rings. The molecule has 1 aromatic rings. The molecule has 0 aliphatic carbocycles. The van der Waals surface area contributed by atoms with E-state index in [4.69, 9.17) is 5.11 Å². The first kappa shape index (κ1) is 9.58. The molecule has 3 nitrogen and oxygen atoms in total. The molecule has 1 rings (SSSR count). The number of benzene rings is 1. The first-order chi connectivity index (χ1) is 6.15. The zero-order chi connectivity index (χ0) is 9.84. The van der Waals surface area contributed by atoms with E-state index in [2.05, 4.69) is 0 Å². The van der Waals surface area contributed by atoms with Crippen LogP contribution in [0.5, 0.6) is 5.75 Å². The van der Waals surface area contributed by atoms with E-state index in [1.807, 2.05) is 6.92 Å². The summed E-state index contributed by atoms with van der Waals surface area (Å²) in [6, 6.07) is 4.46. The maximum absolute atomic E-state index is 11.2. The predicted molar refractivity (Wildman–Crippen MR) is 46.8 cm³/mol. The highest BCUT2D eigenvalue weighted by Crippen LogP contribution is 2.16. The molecule has 70 valence electrons. The zero-order valence-electron chi connectivity index (χ0n) is 7.41. The molecule has 0 saturated heterocycles. The van der Waals surface area contributed by atoms with Crippen LogP contribution in [0, 0.1) is 0 Å². The van der Waals surface area contributed by atoms with E-state index >= 15 is 0 Å². The smallest absolute Gasteiger partial charge is 0.335 e. The monoisotopic (exact) mass is 179 g/mol. The van der Waals surface area contributed by atoms with Crippen LogP contribution in [0.3, 0.4) is 0 Å². The van der Waals surface area contributed by atoms with Crippen LogP contribution >= 0.6 is 0 Å². The van der Waals surface area contributed by atoms with Crippen LogP contribution in [0.15, 0.2) is 18.2 Å². The van der Waals surface area contributed by atoms with Crippen LogP contribution in [0.4, 0.5) is 0 Å². The second-order valence-corrected chi connectivity index (χ2v) is 2.89. The quantitative estimate of drug-likeness (QED) is 0.763. The third-order valence-electron chi connectivity index (χ3n) is 1.82. The van der Waals surface area contributed by atoms with Crippen molar-refractivity contribution in [1.82, 2.24) is 0 Å². The highest BCUT2D eigenvalue weighted by atomic mass is 16.4. The Morgan fingerprint density at radius 3 is 2.69 bits per heavy atom. The average molecular weight is 179 g/mol. The van der Waals surface area contributed by atoms with Crippen LogP contribution in [0.2, 0.25) is 0 Å². The van der Waals surface area contributed by atoms with Gasteiger partial charge in [0.15, 0.2) is 0 Å². The van der Waals surface area contributed by atoms with Crippen molar-refractivity contribution in [3.8, 4) is 5.75 Å². The lowest BCUT2D eigenvalue weighted by Gasteiger charge is -2.11. The molecule has 0 bridgehead atoms. The van der Waals surface area contributed by atoms with Gasteiger partial charge in [0.05, 0.1) is 5.56 Å².